The zero-order valence-corrected chi connectivity index (χ0v) is 14.6. The molecule has 0 saturated carbocycles. The number of amides is 2. The van der Waals surface area contributed by atoms with Crippen molar-refractivity contribution in [2.45, 2.75) is 32.1 Å². The van der Waals surface area contributed by atoms with Gasteiger partial charge in [-0.1, -0.05) is 17.4 Å². The number of carbonyl (C=O) groups is 2. The van der Waals surface area contributed by atoms with Crippen molar-refractivity contribution in [3.8, 4) is 5.19 Å². The molecule has 25 heavy (non-hydrogen) atoms. The summed E-state index contributed by atoms with van der Waals surface area (Å²) in [7, 11) is 0. The summed E-state index contributed by atoms with van der Waals surface area (Å²) in [6, 6.07) is 3.81. The minimum atomic E-state index is -0.907. The summed E-state index contributed by atoms with van der Waals surface area (Å²) in [6.45, 7) is 1.59. The lowest BCUT2D eigenvalue weighted by Crippen LogP contribution is -2.36. The van der Waals surface area contributed by atoms with Crippen molar-refractivity contribution in [2.24, 2.45) is 5.73 Å². The minimum Gasteiger partial charge on any atom is -0.381 e. The van der Waals surface area contributed by atoms with Crippen LogP contribution in [0.4, 0.5) is 4.79 Å². The molecule has 2 aromatic heterocycles. The molecule has 0 aliphatic carbocycles. The first-order valence-electron chi connectivity index (χ1n) is 8.24. The van der Waals surface area contributed by atoms with E-state index in [4.69, 9.17) is 10.5 Å². The Labute approximate surface area is 149 Å². The van der Waals surface area contributed by atoms with Gasteiger partial charge in [0.25, 0.3) is 5.19 Å². The molecule has 0 radical (unpaired) electrons. The summed E-state index contributed by atoms with van der Waals surface area (Å²) in [4.78, 5) is 34.7. The Morgan fingerprint density at radius 2 is 2.08 bits per heavy atom. The number of primary amides is 1. The van der Waals surface area contributed by atoms with E-state index in [1.165, 1.54) is 17.8 Å². The first-order chi connectivity index (χ1) is 12.1. The molecule has 0 spiro atoms. The molecule has 1 fully saturated rings. The number of hydrogen-bond acceptors (Lipinski definition) is 6. The van der Waals surface area contributed by atoms with E-state index < -0.39 is 6.09 Å². The van der Waals surface area contributed by atoms with Crippen LogP contribution in [0.1, 0.15) is 35.4 Å². The zero-order chi connectivity index (χ0) is 17.6. The smallest absolute Gasteiger partial charge is 0.381 e. The number of rotatable bonds is 5. The SMILES string of the molecule is NC(=O)Oc1nc(CC(=O)N2CCCCC2)c(Cc2cccnc2)s1. The predicted octanol–water partition coefficient (Wildman–Crippen LogP) is 2.14. The lowest BCUT2D eigenvalue weighted by atomic mass is 10.1. The summed E-state index contributed by atoms with van der Waals surface area (Å²) in [6.07, 6.45) is 6.61. The molecule has 0 aromatic carbocycles. The highest BCUT2D eigenvalue weighted by molar-refractivity contribution is 7.13. The summed E-state index contributed by atoms with van der Waals surface area (Å²) >= 11 is 1.24. The van der Waals surface area contributed by atoms with Gasteiger partial charge in [-0.3, -0.25) is 9.78 Å². The van der Waals surface area contributed by atoms with E-state index in [0.29, 0.717) is 12.1 Å². The van der Waals surface area contributed by atoms with Gasteiger partial charge in [0.2, 0.25) is 5.91 Å². The normalized spacial score (nSPS) is 14.3. The number of hydrogen-bond donors (Lipinski definition) is 1. The van der Waals surface area contributed by atoms with E-state index in [0.717, 1.165) is 36.4 Å². The Balaban J connectivity index is 1.78. The van der Waals surface area contributed by atoms with Gasteiger partial charge in [-0.15, -0.1) is 0 Å². The van der Waals surface area contributed by atoms with E-state index >= 15 is 0 Å². The van der Waals surface area contributed by atoms with Crippen molar-refractivity contribution in [1.82, 2.24) is 14.9 Å². The van der Waals surface area contributed by atoms with E-state index in [1.54, 1.807) is 12.4 Å². The highest BCUT2D eigenvalue weighted by Gasteiger charge is 2.21. The molecular formula is C17H20N4O3S. The minimum absolute atomic E-state index is 0.0584. The largest absolute Gasteiger partial charge is 0.411 e. The Bertz CT molecular complexity index is 742. The Morgan fingerprint density at radius 3 is 2.76 bits per heavy atom. The van der Waals surface area contributed by atoms with E-state index in [-0.39, 0.29) is 17.5 Å². The molecule has 1 aliphatic rings. The third-order valence-corrected chi connectivity index (χ3v) is 5.04. The Hall–Kier alpha value is -2.48. The lowest BCUT2D eigenvalue weighted by Gasteiger charge is -2.26. The number of carbonyl (C=O) groups excluding carboxylic acids is 2. The van der Waals surface area contributed by atoms with Gasteiger partial charge in [-0.2, -0.15) is 0 Å². The van der Waals surface area contributed by atoms with Gasteiger partial charge in [0, 0.05) is 36.8 Å². The maximum atomic E-state index is 12.5. The zero-order valence-electron chi connectivity index (χ0n) is 13.8. The third-order valence-electron chi connectivity index (χ3n) is 4.06. The number of piperidine rings is 1. The van der Waals surface area contributed by atoms with Gasteiger partial charge in [0.15, 0.2) is 0 Å². The monoisotopic (exact) mass is 360 g/mol. The molecule has 0 atom stereocenters. The van der Waals surface area contributed by atoms with Gasteiger partial charge < -0.3 is 15.4 Å². The molecule has 132 valence electrons. The molecule has 2 N–H and O–H groups in total. The van der Waals surface area contributed by atoms with Gasteiger partial charge in [-0.25, -0.2) is 9.78 Å². The summed E-state index contributed by atoms with van der Waals surface area (Å²) in [5.41, 5.74) is 6.72. The molecule has 7 nitrogen and oxygen atoms in total. The second-order valence-corrected chi connectivity index (χ2v) is 6.97. The average Bonchev–Trinajstić information content (AvgIpc) is 2.96. The molecule has 1 saturated heterocycles. The van der Waals surface area contributed by atoms with Crippen molar-refractivity contribution in [2.75, 3.05) is 13.1 Å². The first-order valence-corrected chi connectivity index (χ1v) is 9.06. The number of likely N-dealkylation sites (tertiary alicyclic amines) is 1. The summed E-state index contributed by atoms with van der Waals surface area (Å²) < 4.78 is 4.91. The lowest BCUT2D eigenvalue weighted by molar-refractivity contribution is -0.131. The highest BCUT2D eigenvalue weighted by atomic mass is 32.1. The van der Waals surface area contributed by atoms with Gasteiger partial charge in [0.1, 0.15) is 0 Å². The molecule has 2 aromatic rings. The number of pyridine rings is 1. The third kappa shape index (κ3) is 4.76. The fourth-order valence-corrected chi connectivity index (χ4v) is 3.82. The number of thiazole rings is 1. The van der Waals surface area contributed by atoms with Crippen molar-refractivity contribution < 1.29 is 14.3 Å². The second-order valence-electron chi connectivity index (χ2n) is 5.93. The number of aromatic nitrogens is 2. The molecule has 0 unspecified atom stereocenters. The second kappa shape index (κ2) is 8.06. The fraction of sp³-hybridized carbons (Fsp3) is 0.412. The van der Waals surface area contributed by atoms with Crippen molar-refractivity contribution >= 4 is 23.3 Å². The van der Waals surface area contributed by atoms with Crippen LogP contribution in [0.25, 0.3) is 0 Å². The van der Waals surface area contributed by atoms with Crippen molar-refractivity contribution in [3.63, 3.8) is 0 Å². The van der Waals surface area contributed by atoms with E-state index in [2.05, 4.69) is 9.97 Å². The highest BCUT2D eigenvalue weighted by Crippen LogP contribution is 2.28. The Kier molecular flexibility index (Phi) is 5.60. The number of ether oxygens (including phenoxy) is 1. The van der Waals surface area contributed by atoms with Crippen LogP contribution in [0, 0.1) is 0 Å². The molecule has 1 aliphatic heterocycles. The van der Waals surface area contributed by atoms with Gasteiger partial charge in [-0.05, 0) is 30.9 Å². The standard InChI is InChI=1S/C17H20N4O3S/c18-16(23)24-17-20-13(10-15(22)21-7-2-1-3-8-21)14(25-17)9-12-5-4-6-19-11-12/h4-6,11H,1-3,7-10H2,(H2,18,23). The molecule has 2 amide bonds. The summed E-state index contributed by atoms with van der Waals surface area (Å²) in [5.74, 6) is 0.0584. The van der Waals surface area contributed by atoms with Crippen LogP contribution < -0.4 is 10.5 Å². The number of nitrogens with two attached hydrogens (primary N) is 1. The van der Waals surface area contributed by atoms with Gasteiger partial charge >= 0.3 is 6.09 Å². The maximum Gasteiger partial charge on any atom is 0.411 e. The van der Waals surface area contributed by atoms with Crippen LogP contribution in [-0.4, -0.2) is 40.0 Å². The van der Waals surface area contributed by atoms with Crippen molar-refractivity contribution in [3.05, 3.63) is 40.7 Å². The van der Waals surface area contributed by atoms with Crippen LogP contribution in [0.5, 0.6) is 5.19 Å². The van der Waals surface area contributed by atoms with Crippen LogP contribution in [0.3, 0.4) is 0 Å². The average molecular weight is 360 g/mol. The van der Waals surface area contributed by atoms with Crippen LogP contribution >= 0.6 is 11.3 Å². The molecule has 0 bridgehead atoms. The van der Waals surface area contributed by atoms with Crippen molar-refractivity contribution in [1.29, 1.82) is 0 Å². The van der Waals surface area contributed by atoms with Crippen LogP contribution in [-0.2, 0) is 17.6 Å². The van der Waals surface area contributed by atoms with E-state index in [9.17, 15) is 9.59 Å². The van der Waals surface area contributed by atoms with Crippen LogP contribution in [0.15, 0.2) is 24.5 Å². The molecule has 3 rings (SSSR count). The first kappa shape index (κ1) is 17.3. The van der Waals surface area contributed by atoms with Crippen LogP contribution in [0.2, 0.25) is 0 Å². The summed E-state index contributed by atoms with van der Waals surface area (Å²) in [5, 5.41) is 0.174. The van der Waals surface area contributed by atoms with E-state index in [1.807, 2.05) is 17.0 Å². The van der Waals surface area contributed by atoms with Gasteiger partial charge in [0.05, 0.1) is 12.1 Å². The number of nitrogens with zero attached hydrogens (tertiary/aromatic N) is 3. The molecule has 8 heteroatoms. The maximum absolute atomic E-state index is 12.5. The Morgan fingerprint density at radius 1 is 1.28 bits per heavy atom. The topological polar surface area (TPSA) is 98.4 Å². The quantitative estimate of drug-likeness (QED) is 0.881. The molecular weight excluding hydrogens is 340 g/mol. The fourth-order valence-electron chi connectivity index (χ4n) is 2.85. The predicted molar refractivity (Wildman–Crippen MR) is 93.5 cm³/mol. The molecule has 3 heterocycles.